The number of urea groups is 1. The van der Waals surface area contributed by atoms with Crippen LogP contribution < -0.4 is 5.32 Å². The van der Waals surface area contributed by atoms with E-state index in [2.05, 4.69) is 5.32 Å². The van der Waals surface area contributed by atoms with Gasteiger partial charge >= 0.3 is 12.1 Å². The summed E-state index contributed by atoms with van der Waals surface area (Å²) in [6.07, 6.45) is 3.65. The van der Waals surface area contributed by atoms with E-state index < -0.39 is 29.2 Å². The lowest BCUT2D eigenvalue weighted by molar-refractivity contribution is -0.136. The second kappa shape index (κ2) is 10.0. The molecule has 1 aromatic rings. The van der Waals surface area contributed by atoms with Crippen molar-refractivity contribution in [1.82, 2.24) is 14.7 Å². The van der Waals surface area contributed by atoms with Crippen molar-refractivity contribution in [3.63, 3.8) is 0 Å². The van der Waals surface area contributed by atoms with E-state index in [1.54, 1.807) is 24.1 Å². The van der Waals surface area contributed by atoms with Crippen molar-refractivity contribution < 1.29 is 23.9 Å². The monoisotopic (exact) mass is 472 g/mol. The van der Waals surface area contributed by atoms with Crippen LogP contribution in [0.25, 0.3) is 0 Å². The van der Waals surface area contributed by atoms with Gasteiger partial charge in [0.15, 0.2) is 0 Å². The molecule has 0 unspecified atom stereocenters. The molecule has 0 bridgehead atoms. The number of carbonyl (C=O) groups is 4. The number of amides is 5. The van der Waals surface area contributed by atoms with E-state index in [9.17, 15) is 19.2 Å². The average molecular weight is 473 g/mol. The lowest BCUT2D eigenvalue weighted by Crippen LogP contribution is -2.49. The summed E-state index contributed by atoms with van der Waals surface area (Å²) in [5, 5.41) is 2.82. The number of carbonyl (C=O) groups excluding carboxylic acids is 4. The second-order valence-electron chi connectivity index (χ2n) is 10.0. The Morgan fingerprint density at radius 1 is 1.12 bits per heavy atom. The van der Waals surface area contributed by atoms with Crippen LogP contribution in [0.1, 0.15) is 65.4 Å². The van der Waals surface area contributed by atoms with E-state index in [0.717, 1.165) is 29.7 Å². The molecule has 5 amide bonds. The van der Waals surface area contributed by atoms with Crippen molar-refractivity contribution in [3.8, 4) is 0 Å². The second-order valence-corrected chi connectivity index (χ2v) is 10.0. The van der Waals surface area contributed by atoms with Crippen LogP contribution in [-0.4, -0.2) is 69.9 Å². The normalized spacial score (nSPS) is 17.8. The topological polar surface area (TPSA) is 99.3 Å². The van der Waals surface area contributed by atoms with E-state index in [1.807, 2.05) is 39.8 Å². The minimum atomic E-state index is -0.817. The lowest BCUT2D eigenvalue weighted by Gasteiger charge is -2.35. The summed E-state index contributed by atoms with van der Waals surface area (Å²) in [5.41, 5.74) is -0.184. The molecule has 0 radical (unpaired) electrons. The van der Waals surface area contributed by atoms with E-state index >= 15 is 0 Å². The largest absolute Gasteiger partial charge is 0.444 e. The van der Waals surface area contributed by atoms with Gasteiger partial charge in [0.2, 0.25) is 5.91 Å². The molecular formula is C25H36N4O5. The quantitative estimate of drug-likeness (QED) is 0.632. The van der Waals surface area contributed by atoms with Gasteiger partial charge in [0, 0.05) is 19.3 Å². The summed E-state index contributed by atoms with van der Waals surface area (Å²) >= 11 is 0. The highest BCUT2D eigenvalue weighted by molar-refractivity contribution is 6.10. The van der Waals surface area contributed by atoms with Crippen molar-refractivity contribution in [1.29, 1.82) is 0 Å². The number of imide groups is 1. The van der Waals surface area contributed by atoms with Gasteiger partial charge in [-0.25, -0.2) is 9.59 Å². The summed E-state index contributed by atoms with van der Waals surface area (Å²) in [4.78, 5) is 55.5. The molecule has 186 valence electrons. The van der Waals surface area contributed by atoms with Gasteiger partial charge in [-0.1, -0.05) is 37.5 Å². The first-order valence-corrected chi connectivity index (χ1v) is 11.9. The van der Waals surface area contributed by atoms with Gasteiger partial charge in [0.05, 0.1) is 6.54 Å². The Morgan fingerprint density at radius 3 is 2.38 bits per heavy atom. The van der Waals surface area contributed by atoms with Crippen LogP contribution in [0.4, 0.5) is 15.3 Å². The van der Waals surface area contributed by atoms with Crippen molar-refractivity contribution in [2.75, 3.05) is 25.5 Å². The van der Waals surface area contributed by atoms with Crippen LogP contribution in [-0.2, 0) is 20.9 Å². The van der Waals surface area contributed by atoms with Crippen LogP contribution in [0, 0.1) is 0 Å². The molecule has 9 nitrogen and oxygen atoms in total. The van der Waals surface area contributed by atoms with Crippen molar-refractivity contribution in [3.05, 3.63) is 29.8 Å². The van der Waals surface area contributed by atoms with Gasteiger partial charge in [-0.15, -0.1) is 0 Å². The fraction of sp³-hybridized carbons (Fsp3) is 0.600. The Hall–Kier alpha value is -3.10. The molecule has 1 aromatic carbocycles. The highest BCUT2D eigenvalue weighted by atomic mass is 16.6. The first-order valence-electron chi connectivity index (χ1n) is 11.9. The number of ether oxygens (including phenoxy) is 1. The number of nitrogens with zero attached hydrogens (tertiary/aromatic N) is 3. The van der Waals surface area contributed by atoms with Crippen molar-refractivity contribution in [2.45, 2.75) is 77.5 Å². The Balaban J connectivity index is 1.70. The maximum Gasteiger partial charge on any atom is 0.410 e. The molecular weight excluding hydrogens is 436 g/mol. The molecule has 1 heterocycles. The maximum atomic E-state index is 13.2. The van der Waals surface area contributed by atoms with Crippen molar-refractivity contribution in [2.24, 2.45) is 0 Å². The van der Waals surface area contributed by atoms with Gasteiger partial charge < -0.3 is 19.9 Å². The first-order chi connectivity index (χ1) is 16.0. The fourth-order valence-electron chi connectivity index (χ4n) is 4.62. The van der Waals surface area contributed by atoms with Crippen LogP contribution in [0.15, 0.2) is 24.3 Å². The average Bonchev–Trinajstić information content (AvgIpc) is 2.94. The van der Waals surface area contributed by atoms with Gasteiger partial charge in [0.25, 0.3) is 5.91 Å². The predicted octanol–water partition coefficient (Wildman–Crippen LogP) is 3.98. The van der Waals surface area contributed by atoms with Crippen LogP contribution in [0.2, 0.25) is 0 Å². The van der Waals surface area contributed by atoms with Crippen LogP contribution >= 0.6 is 0 Å². The third-order valence-electron chi connectivity index (χ3n) is 6.47. The third kappa shape index (κ3) is 5.34. The molecule has 3 rings (SSSR count). The summed E-state index contributed by atoms with van der Waals surface area (Å²) in [5.74, 6) is -0.749. The molecule has 1 saturated heterocycles. The summed E-state index contributed by atoms with van der Waals surface area (Å²) < 4.78 is 5.47. The highest BCUT2D eigenvalue weighted by Gasteiger charge is 2.55. The Morgan fingerprint density at radius 2 is 1.76 bits per heavy atom. The standard InChI is InChI=1S/C25H36N4O5/c1-6-28(23(33)34-24(2,3)4)16-18-12-8-9-13-19(18)26-20(30)17-29-21(31)25(27(5)22(29)32)14-10-7-11-15-25/h8-9,12-13H,6-7,10-11,14-17H2,1-5H3,(H,26,30). The number of nitrogens with one attached hydrogen (secondary N) is 1. The maximum absolute atomic E-state index is 13.2. The molecule has 0 aromatic heterocycles. The number of benzene rings is 1. The minimum absolute atomic E-state index is 0.245. The van der Waals surface area contributed by atoms with E-state index in [0.29, 0.717) is 25.1 Å². The van der Waals surface area contributed by atoms with Gasteiger partial charge in [-0.2, -0.15) is 0 Å². The first kappa shape index (κ1) is 25.5. The lowest BCUT2D eigenvalue weighted by atomic mass is 9.81. The molecule has 1 aliphatic heterocycles. The van der Waals surface area contributed by atoms with Crippen molar-refractivity contribution >= 4 is 29.6 Å². The van der Waals surface area contributed by atoms with Crippen LogP contribution in [0.3, 0.4) is 0 Å². The highest BCUT2D eigenvalue weighted by Crippen LogP contribution is 2.39. The molecule has 9 heteroatoms. The number of para-hydroxylation sites is 1. The minimum Gasteiger partial charge on any atom is -0.444 e. The van der Waals surface area contributed by atoms with Crippen LogP contribution in [0.5, 0.6) is 0 Å². The molecule has 1 aliphatic carbocycles. The SMILES string of the molecule is CCN(Cc1ccccc1NC(=O)CN1C(=O)N(C)C2(CCCCC2)C1=O)C(=O)OC(C)(C)C. The molecule has 34 heavy (non-hydrogen) atoms. The smallest absolute Gasteiger partial charge is 0.410 e. The molecule has 1 N–H and O–H groups in total. The van der Waals surface area contributed by atoms with E-state index in [4.69, 9.17) is 4.74 Å². The molecule has 2 fully saturated rings. The summed E-state index contributed by atoms with van der Waals surface area (Å²) in [6.45, 7) is 7.61. The molecule has 1 saturated carbocycles. The summed E-state index contributed by atoms with van der Waals surface area (Å²) in [7, 11) is 1.65. The molecule has 0 atom stereocenters. The zero-order valence-corrected chi connectivity index (χ0v) is 20.8. The molecule has 1 spiro atoms. The number of likely N-dealkylation sites (N-methyl/N-ethyl adjacent to an activating group) is 1. The van der Waals surface area contributed by atoms with E-state index in [1.165, 1.54) is 4.90 Å². The Labute approximate surface area is 201 Å². The number of rotatable bonds is 6. The Kier molecular flexibility index (Phi) is 7.53. The number of anilines is 1. The van der Waals surface area contributed by atoms with Gasteiger partial charge in [-0.05, 0) is 52.2 Å². The zero-order valence-electron chi connectivity index (χ0n) is 20.8. The number of hydrogen-bond donors (Lipinski definition) is 1. The van der Waals surface area contributed by atoms with E-state index in [-0.39, 0.29) is 19.0 Å². The third-order valence-corrected chi connectivity index (χ3v) is 6.47. The molecule has 2 aliphatic rings. The predicted molar refractivity (Wildman–Crippen MR) is 128 cm³/mol. The van der Waals surface area contributed by atoms with Gasteiger partial charge in [-0.3, -0.25) is 14.5 Å². The Bertz CT molecular complexity index is 949. The van der Waals surface area contributed by atoms with Gasteiger partial charge in [0.1, 0.15) is 17.7 Å². The summed E-state index contributed by atoms with van der Waals surface area (Å²) in [6, 6.07) is 6.72. The zero-order chi connectivity index (χ0) is 25.1. The fourth-order valence-corrected chi connectivity index (χ4v) is 4.62. The number of hydrogen-bond acceptors (Lipinski definition) is 5.